The number of carbonyl (C=O) groups excluding carboxylic acids is 1. The van der Waals surface area contributed by atoms with Gasteiger partial charge in [-0.1, -0.05) is 23.3 Å². The Kier molecular flexibility index (Phi) is 4.19. The fourth-order valence-electron chi connectivity index (χ4n) is 2.41. The highest BCUT2D eigenvalue weighted by Crippen LogP contribution is 2.26. The van der Waals surface area contributed by atoms with E-state index in [1.807, 2.05) is 25.1 Å². The molecule has 0 N–H and O–H groups in total. The first-order valence-corrected chi connectivity index (χ1v) is 6.56. The number of methoxy groups -OCH3 is 1. The van der Waals surface area contributed by atoms with Crippen molar-refractivity contribution in [3.63, 3.8) is 0 Å². The molecule has 2 heteroatoms. The summed E-state index contributed by atoms with van der Waals surface area (Å²) in [6, 6.07) is 5.76. The lowest BCUT2D eigenvalue weighted by atomic mass is 9.93. The predicted octanol–water partition coefficient (Wildman–Crippen LogP) is 4.08. The summed E-state index contributed by atoms with van der Waals surface area (Å²) in [5, 5.41) is 0. The van der Waals surface area contributed by atoms with Gasteiger partial charge in [-0.15, -0.1) is 0 Å². The van der Waals surface area contributed by atoms with Crippen molar-refractivity contribution >= 4 is 5.78 Å². The highest BCUT2D eigenvalue weighted by molar-refractivity contribution is 6.00. The minimum atomic E-state index is 0.170. The zero-order valence-electron chi connectivity index (χ0n) is 11.2. The Balaban J connectivity index is 2.17. The van der Waals surface area contributed by atoms with Gasteiger partial charge in [-0.2, -0.15) is 0 Å². The third-order valence-electron chi connectivity index (χ3n) is 3.43. The van der Waals surface area contributed by atoms with Crippen LogP contribution in [-0.2, 0) is 0 Å². The van der Waals surface area contributed by atoms with E-state index in [9.17, 15) is 4.79 Å². The summed E-state index contributed by atoms with van der Waals surface area (Å²) in [7, 11) is 1.61. The van der Waals surface area contributed by atoms with Gasteiger partial charge in [0.1, 0.15) is 5.75 Å². The molecule has 1 aromatic rings. The van der Waals surface area contributed by atoms with Crippen molar-refractivity contribution in [3.8, 4) is 5.75 Å². The van der Waals surface area contributed by atoms with E-state index < -0.39 is 0 Å². The normalized spacial score (nSPS) is 15.1. The molecule has 0 saturated carbocycles. The Morgan fingerprint density at radius 2 is 2.17 bits per heavy atom. The van der Waals surface area contributed by atoms with Gasteiger partial charge in [0.25, 0.3) is 0 Å². The van der Waals surface area contributed by atoms with Crippen LogP contribution in [-0.4, -0.2) is 12.9 Å². The average Bonchev–Trinajstić information content (AvgIpc) is 2.40. The lowest BCUT2D eigenvalue weighted by molar-refractivity contribution is 0.0988. The van der Waals surface area contributed by atoms with Crippen LogP contribution < -0.4 is 4.74 Å². The Morgan fingerprint density at radius 1 is 1.33 bits per heavy atom. The van der Waals surface area contributed by atoms with Crippen LogP contribution in [0.25, 0.3) is 0 Å². The van der Waals surface area contributed by atoms with Crippen LogP contribution in [0.1, 0.15) is 48.0 Å². The Labute approximate surface area is 109 Å². The molecular formula is C16H20O2. The summed E-state index contributed by atoms with van der Waals surface area (Å²) < 4.78 is 5.27. The van der Waals surface area contributed by atoms with Crippen molar-refractivity contribution in [2.75, 3.05) is 7.11 Å². The van der Waals surface area contributed by atoms with Crippen molar-refractivity contribution < 1.29 is 9.53 Å². The van der Waals surface area contributed by atoms with Gasteiger partial charge in [0, 0.05) is 6.42 Å². The number of benzene rings is 1. The van der Waals surface area contributed by atoms with Crippen molar-refractivity contribution in [1.82, 2.24) is 0 Å². The minimum absolute atomic E-state index is 0.170. The van der Waals surface area contributed by atoms with Crippen LogP contribution in [0.2, 0.25) is 0 Å². The highest BCUT2D eigenvalue weighted by atomic mass is 16.5. The lowest BCUT2D eigenvalue weighted by Gasteiger charge is -2.13. The minimum Gasteiger partial charge on any atom is -0.496 e. The zero-order valence-corrected chi connectivity index (χ0v) is 11.2. The van der Waals surface area contributed by atoms with Crippen LogP contribution in [0.4, 0.5) is 0 Å². The van der Waals surface area contributed by atoms with Gasteiger partial charge in [0.2, 0.25) is 0 Å². The van der Waals surface area contributed by atoms with Crippen molar-refractivity contribution in [3.05, 3.63) is 41.0 Å². The first-order chi connectivity index (χ1) is 8.70. The van der Waals surface area contributed by atoms with Gasteiger partial charge in [0.05, 0.1) is 12.7 Å². The van der Waals surface area contributed by atoms with Crippen LogP contribution in [0.3, 0.4) is 0 Å². The summed E-state index contributed by atoms with van der Waals surface area (Å²) in [6.07, 6.45) is 7.42. The summed E-state index contributed by atoms with van der Waals surface area (Å²) in [6.45, 7) is 2.00. The fraction of sp³-hybridized carbons (Fsp3) is 0.438. The predicted molar refractivity (Wildman–Crippen MR) is 73.2 cm³/mol. The number of rotatable bonds is 4. The van der Waals surface area contributed by atoms with Gasteiger partial charge < -0.3 is 4.74 Å². The molecule has 0 aliphatic heterocycles. The van der Waals surface area contributed by atoms with Crippen LogP contribution >= 0.6 is 0 Å². The quantitative estimate of drug-likeness (QED) is 0.589. The number of Topliss-reactive ketones (excluding diaryl/α,β-unsaturated/α-hetero) is 1. The first kappa shape index (κ1) is 12.9. The molecule has 0 fully saturated rings. The largest absolute Gasteiger partial charge is 0.496 e. The van der Waals surface area contributed by atoms with E-state index in [0.29, 0.717) is 17.7 Å². The van der Waals surface area contributed by atoms with Crippen molar-refractivity contribution in [2.24, 2.45) is 0 Å². The van der Waals surface area contributed by atoms with Crippen LogP contribution in [0.15, 0.2) is 29.8 Å². The molecule has 0 aromatic heterocycles. The van der Waals surface area contributed by atoms with Gasteiger partial charge in [-0.25, -0.2) is 0 Å². The first-order valence-electron chi connectivity index (χ1n) is 6.56. The zero-order chi connectivity index (χ0) is 13.0. The monoisotopic (exact) mass is 244 g/mol. The molecule has 1 aromatic carbocycles. The molecule has 0 atom stereocenters. The molecule has 0 saturated heterocycles. The molecule has 1 aliphatic rings. The van der Waals surface area contributed by atoms with Crippen LogP contribution in [0, 0.1) is 6.92 Å². The number of ether oxygens (including phenoxy) is 1. The molecular weight excluding hydrogens is 224 g/mol. The number of hydrogen-bond donors (Lipinski definition) is 0. The van der Waals surface area contributed by atoms with E-state index in [4.69, 9.17) is 4.74 Å². The third-order valence-corrected chi connectivity index (χ3v) is 3.43. The Hall–Kier alpha value is -1.57. The number of carbonyl (C=O) groups is 1. The second-order valence-electron chi connectivity index (χ2n) is 4.91. The molecule has 0 bridgehead atoms. The maximum absolute atomic E-state index is 12.3. The second-order valence-corrected chi connectivity index (χ2v) is 4.91. The summed E-state index contributed by atoms with van der Waals surface area (Å²) >= 11 is 0. The topological polar surface area (TPSA) is 26.3 Å². The average molecular weight is 244 g/mol. The maximum Gasteiger partial charge on any atom is 0.170 e. The maximum atomic E-state index is 12.3. The van der Waals surface area contributed by atoms with E-state index in [2.05, 4.69) is 6.08 Å². The van der Waals surface area contributed by atoms with Gasteiger partial charge >= 0.3 is 0 Å². The molecule has 0 radical (unpaired) electrons. The molecule has 2 nitrogen and oxygen atoms in total. The molecule has 0 unspecified atom stereocenters. The van der Waals surface area contributed by atoms with Gasteiger partial charge in [0.15, 0.2) is 5.78 Å². The van der Waals surface area contributed by atoms with Gasteiger partial charge in [-0.3, -0.25) is 4.79 Å². The standard InChI is InChI=1S/C16H20O2/c1-12-8-9-16(18-2)14(10-12)15(17)11-13-6-4-3-5-7-13/h6,8-10H,3-5,7,11H2,1-2H3. The summed E-state index contributed by atoms with van der Waals surface area (Å²) in [4.78, 5) is 12.3. The Morgan fingerprint density at radius 3 is 2.83 bits per heavy atom. The van der Waals surface area contributed by atoms with E-state index in [1.54, 1.807) is 7.11 Å². The molecule has 0 heterocycles. The van der Waals surface area contributed by atoms with Gasteiger partial charge in [-0.05, 0) is 44.7 Å². The smallest absolute Gasteiger partial charge is 0.170 e. The number of hydrogen-bond acceptors (Lipinski definition) is 2. The molecule has 0 amide bonds. The van der Waals surface area contributed by atoms with E-state index >= 15 is 0 Å². The van der Waals surface area contributed by atoms with Crippen molar-refractivity contribution in [2.45, 2.75) is 39.0 Å². The van der Waals surface area contributed by atoms with E-state index in [0.717, 1.165) is 18.4 Å². The second kappa shape index (κ2) is 5.85. The van der Waals surface area contributed by atoms with Crippen LogP contribution in [0.5, 0.6) is 5.75 Å². The number of ketones is 1. The number of aryl methyl sites for hydroxylation is 1. The van der Waals surface area contributed by atoms with E-state index in [-0.39, 0.29) is 5.78 Å². The highest BCUT2D eigenvalue weighted by Gasteiger charge is 2.15. The molecule has 0 spiro atoms. The SMILES string of the molecule is COc1ccc(C)cc1C(=O)CC1=CCCCC1. The lowest BCUT2D eigenvalue weighted by Crippen LogP contribution is -2.05. The number of allylic oxidation sites excluding steroid dienone is 2. The van der Waals surface area contributed by atoms with Crippen molar-refractivity contribution in [1.29, 1.82) is 0 Å². The Bertz CT molecular complexity index is 472. The fourth-order valence-corrected chi connectivity index (χ4v) is 2.41. The molecule has 18 heavy (non-hydrogen) atoms. The third kappa shape index (κ3) is 3.00. The molecule has 2 rings (SSSR count). The van der Waals surface area contributed by atoms with E-state index in [1.165, 1.54) is 18.4 Å². The molecule has 96 valence electrons. The molecule has 1 aliphatic carbocycles. The summed E-state index contributed by atoms with van der Waals surface area (Å²) in [5.41, 5.74) is 3.09. The summed E-state index contributed by atoms with van der Waals surface area (Å²) in [5.74, 6) is 0.853.